The van der Waals surface area contributed by atoms with E-state index in [1.54, 1.807) is 0 Å². The number of carbonyl (C=O) groups is 2. The minimum Gasteiger partial charge on any atom is -0.465 e. The molecule has 236 valence electrons. The predicted molar refractivity (Wildman–Crippen MR) is 148 cm³/mol. The fourth-order valence-electron chi connectivity index (χ4n) is 5.03. The van der Waals surface area contributed by atoms with Gasteiger partial charge in [0.15, 0.2) is 0 Å². The minimum atomic E-state index is -4.68. The lowest BCUT2D eigenvalue weighted by Crippen LogP contribution is -2.53. The van der Waals surface area contributed by atoms with Crippen LogP contribution in [0.3, 0.4) is 0 Å². The van der Waals surface area contributed by atoms with Gasteiger partial charge in [0, 0.05) is 48.9 Å². The van der Waals surface area contributed by atoms with Crippen molar-refractivity contribution >= 4 is 17.7 Å². The van der Waals surface area contributed by atoms with Crippen molar-refractivity contribution in [2.75, 3.05) is 31.6 Å². The number of pyridine rings is 1. The molecule has 1 aliphatic heterocycles. The molecule has 1 fully saturated rings. The van der Waals surface area contributed by atoms with Crippen molar-refractivity contribution in [1.29, 1.82) is 0 Å². The zero-order chi connectivity index (χ0) is 31.9. The van der Waals surface area contributed by atoms with Crippen LogP contribution in [-0.4, -0.2) is 71.6 Å². The maximum atomic E-state index is 14.9. The van der Waals surface area contributed by atoms with Gasteiger partial charge >= 0.3 is 12.3 Å². The van der Waals surface area contributed by atoms with E-state index in [0.717, 1.165) is 6.20 Å². The van der Waals surface area contributed by atoms with Gasteiger partial charge in [-0.25, -0.2) is 18.0 Å². The van der Waals surface area contributed by atoms with Crippen molar-refractivity contribution in [2.24, 2.45) is 0 Å². The molecule has 2 amide bonds. The zero-order valence-electron chi connectivity index (χ0n) is 23.3. The van der Waals surface area contributed by atoms with Crippen molar-refractivity contribution < 1.29 is 45.8 Å². The van der Waals surface area contributed by atoms with Gasteiger partial charge in [0.1, 0.15) is 24.0 Å². The van der Waals surface area contributed by atoms with E-state index in [-0.39, 0.29) is 42.1 Å². The SMILES string of the molecule is O=C(CC(c1ccc(F)cc1)c1cncc(F)c1)Nc1cccc(F)c1CC[C@@H]1CN[C@@H](CN(CC(F)(F)F)C(=O)O)CO1. The van der Waals surface area contributed by atoms with Crippen LogP contribution in [0.1, 0.15) is 35.4 Å². The summed E-state index contributed by atoms with van der Waals surface area (Å²) in [6.45, 7) is -1.88. The lowest BCUT2D eigenvalue weighted by atomic mass is 9.89. The van der Waals surface area contributed by atoms with Crippen LogP contribution in [0.5, 0.6) is 0 Å². The third-order valence-electron chi connectivity index (χ3n) is 7.15. The van der Waals surface area contributed by atoms with Crippen LogP contribution < -0.4 is 10.6 Å². The molecule has 8 nitrogen and oxygen atoms in total. The topological polar surface area (TPSA) is 104 Å². The van der Waals surface area contributed by atoms with Crippen LogP contribution in [0.25, 0.3) is 0 Å². The molecular formula is C30H30F6N4O4. The Bertz CT molecular complexity index is 1430. The molecule has 1 aliphatic rings. The Morgan fingerprint density at radius 1 is 1.07 bits per heavy atom. The molecule has 0 radical (unpaired) electrons. The Morgan fingerprint density at radius 2 is 1.82 bits per heavy atom. The van der Waals surface area contributed by atoms with Gasteiger partial charge in [0.05, 0.1) is 18.9 Å². The van der Waals surface area contributed by atoms with Crippen molar-refractivity contribution in [3.63, 3.8) is 0 Å². The molecule has 1 aromatic heterocycles. The van der Waals surface area contributed by atoms with Gasteiger partial charge in [-0.05, 0) is 54.3 Å². The largest absolute Gasteiger partial charge is 0.465 e. The summed E-state index contributed by atoms with van der Waals surface area (Å²) in [5.41, 5.74) is 1.38. The van der Waals surface area contributed by atoms with Gasteiger partial charge in [-0.1, -0.05) is 18.2 Å². The number of hydrogen-bond acceptors (Lipinski definition) is 5. The summed E-state index contributed by atoms with van der Waals surface area (Å²) in [6, 6.07) is 10.2. The van der Waals surface area contributed by atoms with Crippen LogP contribution in [0, 0.1) is 17.5 Å². The number of carbonyl (C=O) groups excluding carboxylic acids is 1. The molecular weight excluding hydrogens is 594 g/mol. The molecule has 0 saturated carbocycles. The molecule has 2 heterocycles. The van der Waals surface area contributed by atoms with Gasteiger partial charge in [0.25, 0.3) is 0 Å². The van der Waals surface area contributed by atoms with Gasteiger partial charge < -0.3 is 20.5 Å². The number of anilines is 1. The summed E-state index contributed by atoms with van der Waals surface area (Å²) in [7, 11) is 0. The third kappa shape index (κ3) is 9.41. The lowest BCUT2D eigenvalue weighted by Gasteiger charge is -2.33. The molecule has 4 rings (SSSR count). The first-order valence-electron chi connectivity index (χ1n) is 13.7. The smallest absolute Gasteiger partial charge is 0.407 e. The second-order valence-electron chi connectivity index (χ2n) is 10.4. The van der Waals surface area contributed by atoms with E-state index in [1.165, 1.54) is 54.7 Å². The number of rotatable bonds is 11. The van der Waals surface area contributed by atoms with E-state index in [1.807, 2.05) is 0 Å². The van der Waals surface area contributed by atoms with E-state index in [9.17, 15) is 35.9 Å². The summed E-state index contributed by atoms with van der Waals surface area (Å²) < 4.78 is 86.2. The molecule has 44 heavy (non-hydrogen) atoms. The summed E-state index contributed by atoms with van der Waals surface area (Å²) in [5.74, 6) is -2.82. The minimum absolute atomic E-state index is 0.0487. The number of nitrogens with zero attached hydrogens (tertiary/aromatic N) is 2. The standard InChI is InChI=1S/C30H30F6N4O4/c31-20-6-4-18(5-7-20)25(19-10-21(32)13-37-12-19)11-28(41)39-27-3-1-2-26(33)24(27)9-8-23-14-38-22(16-44-23)15-40(29(42)43)17-30(34,35)36/h1-7,10,12-13,22-23,25,38H,8-9,11,14-17H2,(H,39,41)(H,42,43)/t22-,23+,25?/m0/s1. The fraction of sp³-hybridized carbons (Fsp3) is 0.367. The van der Waals surface area contributed by atoms with E-state index in [2.05, 4.69) is 15.6 Å². The number of alkyl halides is 3. The predicted octanol–water partition coefficient (Wildman–Crippen LogP) is 5.49. The highest BCUT2D eigenvalue weighted by Gasteiger charge is 2.35. The van der Waals surface area contributed by atoms with E-state index < -0.39 is 66.8 Å². The molecule has 3 N–H and O–H groups in total. The normalized spacial score (nSPS) is 17.6. The summed E-state index contributed by atoms with van der Waals surface area (Å²) in [5, 5.41) is 14.8. The van der Waals surface area contributed by atoms with E-state index in [0.29, 0.717) is 17.5 Å². The first kappa shape index (κ1) is 32.7. The Hall–Kier alpha value is -4.17. The quantitative estimate of drug-likeness (QED) is 0.244. The Kier molecular flexibility index (Phi) is 10.8. The van der Waals surface area contributed by atoms with Crippen LogP contribution in [-0.2, 0) is 16.0 Å². The molecule has 0 aliphatic carbocycles. The average Bonchev–Trinajstić information content (AvgIpc) is 2.96. The van der Waals surface area contributed by atoms with E-state index in [4.69, 9.17) is 9.84 Å². The molecule has 2 aromatic carbocycles. The monoisotopic (exact) mass is 624 g/mol. The molecule has 3 atom stereocenters. The second kappa shape index (κ2) is 14.5. The number of aromatic nitrogens is 1. The highest BCUT2D eigenvalue weighted by Crippen LogP contribution is 2.30. The molecule has 0 spiro atoms. The maximum Gasteiger partial charge on any atom is 0.407 e. The summed E-state index contributed by atoms with van der Waals surface area (Å²) in [4.78, 5) is 28.5. The lowest BCUT2D eigenvalue weighted by molar-refractivity contribution is -0.143. The van der Waals surface area contributed by atoms with E-state index >= 15 is 0 Å². The Balaban J connectivity index is 1.37. The number of ether oxygens (including phenoxy) is 1. The maximum absolute atomic E-state index is 14.9. The molecule has 0 bridgehead atoms. The van der Waals surface area contributed by atoms with Crippen molar-refractivity contribution in [1.82, 2.24) is 15.2 Å². The van der Waals surface area contributed by atoms with Crippen molar-refractivity contribution in [3.8, 4) is 0 Å². The third-order valence-corrected chi connectivity index (χ3v) is 7.15. The highest BCUT2D eigenvalue weighted by atomic mass is 19.4. The van der Waals surface area contributed by atoms with Crippen molar-refractivity contribution in [2.45, 2.75) is 43.5 Å². The number of morpholine rings is 1. The zero-order valence-corrected chi connectivity index (χ0v) is 23.3. The molecule has 3 aromatic rings. The number of nitrogens with one attached hydrogen (secondary N) is 2. The van der Waals surface area contributed by atoms with Crippen LogP contribution in [0.2, 0.25) is 0 Å². The average molecular weight is 625 g/mol. The molecule has 1 saturated heterocycles. The van der Waals surface area contributed by atoms with Gasteiger partial charge in [-0.3, -0.25) is 14.7 Å². The fourth-order valence-corrected chi connectivity index (χ4v) is 5.03. The van der Waals surface area contributed by atoms with Gasteiger partial charge in [-0.2, -0.15) is 13.2 Å². The van der Waals surface area contributed by atoms with Crippen LogP contribution >= 0.6 is 0 Å². The van der Waals surface area contributed by atoms with Gasteiger partial charge in [-0.15, -0.1) is 0 Å². The number of carboxylic acid groups (broad SMARTS) is 1. The van der Waals surface area contributed by atoms with Crippen molar-refractivity contribution in [3.05, 3.63) is 95.1 Å². The highest BCUT2D eigenvalue weighted by molar-refractivity contribution is 5.92. The number of amides is 2. The molecule has 14 heteroatoms. The number of halogens is 6. The Labute approximate surface area is 249 Å². The van der Waals surface area contributed by atoms with Crippen LogP contribution in [0.4, 0.5) is 36.8 Å². The first-order chi connectivity index (χ1) is 20.9. The van der Waals surface area contributed by atoms with Gasteiger partial charge in [0.2, 0.25) is 5.91 Å². The van der Waals surface area contributed by atoms with Crippen LogP contribution in [0.15, 0.2) is 60.9 Å². The second-order valence-corrected chi connectivity index (χ2v) is 10.4. The number of hydrogen-bond donors (Lipinski definition) is 3. The molecule has 1 unspecified atom stereocenters. The number of benzene rings is 2. The first-order valence-corrected chi connectivity index (χ1v) is 13.7. The summed E-state index contributed by atoms with van der Waals surface area (Å²) in [6.07, 6.45) is -4.13. The summed E-state index contributed by atoms with van der Waals surface area (Å²) >= 11 is 0. The Morgan fingerprint density at radius 3 is 2.45 bits per heavy atom.